The number of aliphatic carboxylic acids is 1. The fourth-order valence-corrected chi connectivity index (χ4v) is 1.66. The van der Waals surface area contributed by atoms with Crippen molar-refractivity contribution in [1.82, 2.24) is 9.88 Å². The van der Waals surface area contributed by atoms with Crippen LogP contribution in [-0.2, 0) is 4.79 Å². The number of hydrogen-bond acceptors (Lipinski definition) is 2. The number of hydrogen-bond donors (Lipinski definition) is 2. The van der Waals surface area contributed by atoms with Gasteiger partial charge < -0.3 is 15.0 Å². The van der Waals surface area contributed by atoms with Gasteiger partial charge in [-0.15, -0.1) is 6.58 Å². The Hall–Kier alpha value is -2.04. The van der Waals surface area contributed by atoms with Gasteiger partial charge in [-0.3, -0.25) is 4.79 Å². The van der Waals surface area contributed by atoms with Crippen molar-refractivity contribution in [3.05, 3.63) is 36.7 Å². The van der Waals surface area contributed by atoms with E-state index in [-0.39, 0.29) is 18.4 Å². The number of nitrogens with zero attached hydrogens (tertiary/aromatic N) is 1. The summed E-state index contributed by atoms with van der Waals surface area (Å²) < 4.78 is 1.79. The topological polar surface area (TPSA) is 71.3 Å². The van der Waals surface area contributed by atoms with Crippen LogP contribution in [0.4, 0.5) is 0 Å². The van der Waals surface area contributed by atoms with E-state index >= 15 is 0 Å². The number of rotatable bonds is 6. The van der Waals surface area contributed by atoms with Crippen LogP contribution in [-0.4, -0.2) is 27.6 Å². The molecule has 1 rings (SSSR count). The molecule has 0 bridgehead atoms. The number of carbonyl (C=O) groups is 2. The lowest BCUT2D eigenvalue weighted by atomic mass is 10.2. The molecular formula is C13H18N2O3. The Balaban J connectivity index is 2.83. The van der Waals surface area contributed by atoms with E-state index in [1.54, 1.807) is 22.9 Å². The molecule has 1 unspecified atom stereocenters. The first-order valence-electron chi connectivity index (χ1n) is 5.78. The maximum absolute atomic E-state index is 12.0. The molecule has 0 saturated heterocycles. The Morgan fingerprint density at radius 2 is 2.22 bits per heavy atom. The minimum absolute atomic E-state index is 0.142. The van der Waals surface area contributed by atoms with Crippen LogP contribution in [0.2, 0.25) is 0 Å². The standard InChI is InChI=1S/C13H18N2O3/c1-4-6-10(13(17)18)14-12(16)11-7-5-8-15(11)9(2)3/h4-5,7-10H,1,6H2,2-3H3,(H,14,16)(H,17,18). The predicted molar refractivity (Wildman–Crippen MR) is 68.5 cm³/mol. The molecule has 0 aliphatic heterocycles. The Kier molecular flexibility index (Phi) is 4.71. The summed E-state index contributed by atoms with van der Waals surface area (Å²) in [5.41, 5.74) is 0.459. The molecule has 1 atom stereocenters. The fraction of sp³-hybridized carbons (Fsp3) is 0.385. The quantitative estimate of drug-likeness (QED) is 0.757. The zero-order chi connectivity index (χ0) is 13.7. The minimum Gasteiger partial charge on any atom is -0.480 e. The summed E-state index contributed by atoms with van der Waals surface area (Å²) in [5.74, 6) is -1.45. The predicted octanol–water partition coefficient (Wildman–Crippen LogP) is 1.83. The lowest BCUT2D eigenvalue weighted by Gasteiger charge is -2.16. The smallest absolute Gasteiger partial charge is 0.326 e. The molecule has 1 amide bonds. The van der Waals surface area contributed by atoms with Gasteiger partial charge in [0.15, 0.2) is 0 Å². The van der Waals surface area contributed by atoms with Crippen molar-refractivity contribution in [2.45, 2.75) is 32.4 Å². The maximum Gasteiger partial charge on any atom is 0.326 e. The molecule has 0 aliphatic rings. The molecule has 5 nitrogen and oxygen atoms in total. The minimum atomic E-state index is -1.06. The van der Waals surface area contributed by atoms with Crippen molar-refractivity contribution < 1.29 is 14.7 Å². The van der Waals surface area contributed by atoms with E-state index in [4.69, 9.17) is 5.11 Å². The zero-order valence-electron chi connectivity index (χ0n) is 10.6. The average Bonchev–Trinajstić information content (AvgIpc) is 2.77. The van der Waals surface area contributed by atoms with Crippen LogP contribution in [0, 0.1) is 0 Å². The van der Waals surface area contributed by atoms with Gasteiger partial charge in [0.1, 0.15) is 11.7 Å². The molecule has 0 spiro atoms. The van der Waals surface area contributed by atoms with Gasteiger partial charge in [-0.05, 0) is 32.4 Å². The highest BCUT2D eigenvalue weighted by molar-refractivity contribution is 5.95. The first-order chi connectivity index (χ1) is 8.47. The summed E-state index contributed by atoms with van der Waals surface area (Å²) in [6, 6.07) is 2.63. The highest BCUT2D eigenvalue weighted by Gasteiger charge is 2.21. The second-order valence-electron chi connectivity index (χ2n) is 4.28. The third kappa shape index (κ3) is 3.23. The molecule has 98 valence electrons. The second-order valence-corrected chi connectivity index (χ2v) is 4.28. The van der Waals surface area contributed by atoms with E-state index in [1.165, 1.54) is 6.08 Å². The van der Waals surface area contributed by atoms with Crippen LogP contribution in [0.15, 0.2) is 31.0 Å². The largest absolute Gasteiger partial charge is 0.480 e. The fourth-order valence-electron chi connectivity index (χ4n) is 1.66. The Morgan fingerprint density at radius 1 is 1.56 bits per heavy atom. The third-order valence-corrected chi connectivity index (χ3v) is 2.57. The van der Waals surface area contributed by atoms with Crippen molar-refractivity contribution in [2.75, 3.05) is 0 Å². The first-order valence-corrected chi connectivity index (χ1v) is 5.78. The summed E-state index contributed by atoms with van der Waals surface area (Å²) in [5, 5.41) is 11.4. The monoisotopic (exact) mass is 250 g/mol. The van der Waals surface area contributed by atoms with E-state index in [1.807, 2.05) is 13.8 Å². The van der Waals surface area contributed by atoms with Crippen LogP contribution in [0.1, 0.15) is 36.8 Å². The van der Waals surface area contributed by atoms with E-state index < -0.39 is 12.0 Å². The van der Waals surface area contributed by atoms with Crippen LogP contribution >= 0.6 is 0 Å². The lowest BCUT2D eigenvalue weighted by molar-refractivity contribution is -0.139. The Labute approximate surface area is 106 Å². The van der Waals surface area contributed by atoms with Crippen molar-refractivity contribution >= 4 is 11.9 Å². The second kappa shape index (κ2) is 6.05. The maximum atomic E-state index is 12.0. The van der Waals surface area contributed by atoms with Gasteiger partial charge in [0.2, 0.25) is 0 Å². The van der Waals surface area contributed by atoms with E-state index in [0.717, 1.165) is 0 Å². The molecule has 5 heteroatoms. The lowest BCUT2D eigenvalue weighted by Crippen LogP contribution is -2.41. The van der Waals surface area contributed by atoms with Crippen molar-refractivity contribution in [2.24, 2.45) is 0 Å². The summed E-state index contributed by atoms with van der Waals surface area (Å²) in [4.78, 5) is 22.9. The Morgan fingerprint density at radius 3 is 2.72 bits per heavy atom. The van der Waals surface area contributed by atoms with Gasteiger partial charge in [-0.2, -0.15) is 0 Å². The Bertz CT molecular complexity index is 449. The van der Waals surface area contributed by atoms with Crippen LogP contribution < -0.4 is 5.32 Å². The number of carboxylic acids is 1. The van der Waals surface area contributed by atoms with Crippen molar-refractivity contribution in [3.63, 3.8) is 0 Å². The van der Waals surface area contributed by atoms with Crippen LogP contribution in [0.5, 0.6) is 0 Å². The number of carbonyl (C=O) groups excluding carboxylic acids is 1. The number of carboxylic acid groups (broad SMARTS) is 1. The van der Waals surface area contributed by atoms with E-state index in [2.05, 4.69) is 11.9 Å². The molecule has 2 N–H and O–H groups in total. The van der Waals surface area contributed by atoms with Crippen molar-refractivity contribution in [3.8, 4) is 0 Å². The molecule has 0 radical (unpaired) electrons. The van der Waals surface area contributed by atoms with Crippen LogP contribution in [0.25, 0.3) is 0 Å². The van der Waals surface area contributed by atoms with Gasteiger partial charge in [0.05, 0.1) is 0 Å². The SMILES string of the molecule is C=CCC(NC(=O)c1cccn1C(C)C)C(=O)O. The van der Waals surface area contributed by atoms with Gasteiger partial charge in [0, 0.05) is 12.2 Å². The number of aromatic nitrogens is 1. The summed E-state index contributed by atoms with van der Waals surface area (Å²) in [6.45, 7) is 7.39. The first kappa shape index (κ1) is 14.0. The highest BCUT2D eigenvalue weighted by Crippen LogP contribution is 2.11. The number of nitrogens with one attached hydrogen (secondary N) is 1. The van der Waals surface area contributed by atoms with Gasteiger partial charge >= 0.3 is 5.97 Å². The van der Waals surface area contributed by atoms with Crippen LogP contribution in [0.3, 0.4) is 0 Å². The molecule has 18 heavy (non-hydrogen) atoms. The summed E-state index contributed by atoms with van der Waals surface area (Å²) >= 11 is 0. The normalized spacial score (nSPS) is 12.2. The van der Waals surface area contributed by atoms with Gasteiger partial charge in [-0.1, -0.05) is 6.08 Å². The zero-order valence-corrected chi connectivity index (χ0v) is 10.6. The highest BCUT2D eigenvalue weighted by atomic mass is 16.4. The molecule has 1 heterocycles. The van der Waals surface area contributed by atoms with E-state index in [9.17, 15) is 9.59 Å². The molecule has 0 aromatic carbocycles. The summed E-state index contributed by atoms with van der Waals surface area (Å²) in [6.07, 6.45) is 3.47. The third-order valence-electron chi connectivity index (χ3n) is 2.57. The molecule has 0 fully saturated rings. The molecule has 1 aromatic rings. The summed E-state index contributed by atoms with van der Waals surface area (Å²) in [7, 11) is 0. The van der Waals surface area contributed by atoms with E-state index in [0.29, 0.717) is 5.69 Å². The average molecular weight is 250 g/mol. The molecule has 1 aromatic heterocycles. The molecule has 0 aliphatic carbocycles. The molecule has 0 saturated carbocycles. The van der Waals surface area contributed by atoms with Gasteiger partial charge in [0.25, 0.3) is 5.91 Å². The van der Waals surface area contributed by atoms with Crippen molar-refractivity contribution in [1.29, 1.82) is 0 Å². The molecular weight excluding hydrogens is 232 g/mol. The number of amides is 1. The van der Waals surface area contributed by atoms with Gasteiger partial charge in [-0.25, -0.2) is 4.79 Å².